The number of hydrogen-bond donors (Lipinski definition) is 2. The van der Waals surface area contributed by atoms with Crippen molar-refractivity contribution in [2.45, 2.75) is 32.4 Å². The summed E-state index contributed by atoms with van der Waals surface area (Å²) in [5.41, 5.74) is 1.99. The Hall–Kier alpha value is -2.41. The quantitative estimate of drug-likeness (QED) is 0.893. The van der Waals surface area contributed by atoms with Gasteiger partial charge in [-0.05, 0) is 19.9 Å². The van der Waals surface area contributed by atoms with Crippen LogP contribution in [0.3, 0.4) is 0 Å². The van der Waals surface area contributed by atoms with E-state index < -0.39 is 0 Å². The van der Waals surface area contributed by atoms with E-state index >= 15 is 0 Å². The number of carbonyl (C=O) groups is 1. The Labute approximate surface area is 133 Å². The molecule has 7 nitrogen and oxygen atoms in total. The van der Waals surface area contributed by atoms with Gasteiger partial charge in [-0.25, -0.2) is 4.98 Å². The second-order valence-electron chi connectivity index (χ2n) is 5.84. The Bertz CT molecular complexity index is 760. The van der Waals surface area contributed by atoms with Gasteiger partial charge in [0.15, 0.2) is 0 Å². The van der Waals surface area contributed by atoms with Crippen LogP contribution in [0.5, 0.6) is 0 Å². The summed E-state index contributed by atoms with van der Waals surface area (Å²) in [7, 11) is 1.64. The van der Waals surface area contributed by atoms with Crippen LogP contribution in [0.1, 0.15) is 40.0 Å². The van der Waals surface area contributed by atoms with Crippen LogP contribution in [0, 0.1) is 13.8 Å². The van der Waals surface area contributed by atoms with Crippen LogP contribution in [0.25, 0.3) is 0 Å². The molecule has 3 heterocycles. The molecule has 0 aliphatic carbocycles. The van der Waals surface area contributed by atoms with E-state index in [1.807, 2.05) is 13.8 Å². The predicted molar refractivity (Wildman–Crippen MR) is 84.3 cm³/mol. The predicted octanol–water partition coefficient (Wildman–Crippen LogP) is 1.32. The number of nitrogens with zero attached hydrogens (tertiary/aromatic N) is 2. The van der Waals surface area contributed by atoms with Crippen molar-refractivity contribution in [3.8, 4) is 0 Å². The van der Waals surface area contributed by atoms with Crippen molar-refractivity contribution in [2.75, 3.05) is 13.7 Å². The second-order valence-corrected chi connectivity index (χ2v) is 5.84. The van der Waals surface area contributed by atoms with Crippen LogP contribution in [0.4, 0.5) is 0 Å². The lowest BCUT2D eigenvalue weighted by atomic mass is 10.1. The third-order valence-corrected chi connectivity index (χ3v) is 4.34. The summed E-state index contributed by atoms with van der Waals surface area (Å²) in [5.74, 6) is 0.574. The molecule has 1 amide bonds. The summed E-state index contributed by atoms with van der Waals surface area (Å²) in [4.78, 5) is 36.3. The minimum atomic E-state index is -0.292. The Balaban J connectivity index is 1.94. The smallest absolute Gasteiger partial charge is 0.254 e. The van der Waals surface area contributed by atoms with Gasteiger partial charge >= 0.3 is 0 Å². The molecule has 2 N–H and O–H groups in total. The molecule has 7 heteroatoms. The van der Waals surface area contributed by atoms with Crippen LogP contribution in [-0.4, -0.2) is 45.5 Å². The van der Waals surface area contributed by atoms with Gasteiger partial charge in [-0.1, -0.05) is 0 Å². The lowest BCUT2D eigenvalue weighted by Gasteiger charge is -2.22. The largest absolute Gasteiger partial charge is 0.380 e. The van der Waals surface area contributed by atoms with Gasteiger partial charge in [-0.2, -0.15) is 0 Å². The average Bonchev–Trinajstić information content (AvgIpc) is 3.10. The van der Waals surface area contributed by atoms with E-state index in [4.69, 9.17) is 4.74 Å². The number of methoxy groups -OCH3 is 1. The van der Waals surface area contributed by atoms with Gasteiger partial charge in [0.1, 0.15) is 5.82 Å². The molecular weight excluding hydrogens is 296 g/mol. The molecule has 2 aromatic rings. The molecule has 1 aliphatic rings. The maximum atomic E-state index is 12.8. The molecule has 0 radical (unpaired) electrons. The Kier molecular flexibility index (Phi) is 4.04. The normalized spacial score (nSPS) is 20.9. The summed E-state index contributed by atoms with van der Waals surface area (Å²) in [6.07, 6.45) is 2.12. The Morgan fingerprint density at radius 2 is 2.22 bits per heavy atom. The number of aryl methyl sites for hydroxylation is 2. The van der Waals surface area contributed by atoms with Gasteiger partial charge < -0.3 is 19.6 Å². The van der Waals surface area contributed by atoms with Gasteiger partial charge in [-0.15, -0.1) is 0 Å². The van der Waals surface area contributed by atoms with Crippen molar-refractivity contribution in [1.82, 2.24) is 19.9 Å². The Morgan fingerprint density at radius 3 is 2.83 bits per heavy atom. The number of nitrogens with one attached hydrogen (secondary N) is 2. The molecule has 0 aromatic carbocycles. The molecule has 1 aliphatic heterocycles. The van der Waals surface area contributed by atoms with Crippen molar-refractivity contribution in [1.29, 1.82) is 0 Å². The number of aromatic nitrogens is 3. The number of aromatic amines is 2. The summed E-state index contributed by atoms with van der Waals surface area (Å²) in [6.45, 7) is 4.37. The lowest BCUT2D eigenvalue weighted by molar-refractivity contribution is 0.0684. The molecule has 0 spiro atoms. The van der Waals surface area contributed by atoms with Crippen LogP contribution < -0.4 is 5.56 Å². The molecule has 1 saturated heterocycles. The fraction of sp³-hybridized carbons (Fsp3) is 0.438. The highest BCUT2D eigenvalue weighted by molar-refractivity contribution is 5.94. The molecule has 2 atom stereocenters. The monoisotopic (exact) mass is 316 g/mol. The number of rotatable bonds is 3. The first-order valence-electron chi connectivity index (χ1n) is 7.55. The van der Waals surface area contributed by atoms with Gasteiger partial charge in [0, 0.05) is 43.6 Å². The molecule has 2 aromatic heterocycles. The SMILES string of the molecule is CO[C@@H]1C[C@@H](c2nc(C)c(C)[nH]2)N(C(=O)c2cc[nH]c(=O)c2)C1. The van der Waals surface area contributed by atoms with Crippen molar-refractivity contribution in [2.24, 2.45) is 0 Å². The van der Waals surface area contributed by atoms with E-state index in [0.717, 1.165) is 17.2 Å². The molecule has 1 fully saturated rings. The average molecular weight is 316 g/mol. The molecule has 3 rings (SSSR count). The maximum absolute atomic E-state index is 12.8. The van der Waals surface area contributed by atoms with E-state index in [1.165, 1.54) is 12.3 Å². The van der Waals surface area contributed by atoms with E-state index in [-0.39, 0.29) is 23.6 Å². The topological polar surface area (TPSA) is 91.1 Å². The van der Waals surface area contributed by atoms with Crippen molar-refractivity contribution in [3.63, 3.8) is 0 Å². The zero-order chi connectivity index (χ0) is 16.6. The minimum absolute atomic E-state index is 0.0448. The summed E-state index contributed by atoms with van der Waals surface area (Å²) in [6, 6.07) is 2.75. The number of hydrogen-bond acceptors (Lipinski definition) is 4. The van der Waals surface area contributed by atoms with Crippen molar-refractivity contribution >= 4 is 5.91 Å². The summed E-state index contributed by atoms with van der Waals surface area (Å²) in [5, 5.41) is 0. The molecule has 23 heavy (non-hydrogen) atoms. The first kappa shape index (κ1) is 15.5. The van der Waals surface area contributed by atoms with E-state index in [0.29, 0.717) is 18.5 Å². The molecule has 0 bridgehead atoms. The summed E-state index contributed by atoms with van der Waals surface area (Å²) >= 11 is 0. The third kappa shape index (κ3) is 2.92. The van der Waals surface area contributed by atoms with Crippen molar-refractivity contribution in [3.05, 3.63) is 51.5 Å². The molecule has 0 unspecified atom stereocenters. The number of H-pyrrole nitrogens is 2. The number of pyridine rings is 1. The first-order chi connectivity index (χ1) is 11.0. The van der Waals surface area contributed by atoms with E-state index in [9.17, 15) is 9.59 Å². The van der Waals surface area contributed by atoms with Crippen LogP contribution in [0.2, 0.25) is 0 Å². The van der Waals surface area contributed by atoms with E-state index in [2.05, 4.69) is 15.0 Å². The van der Waals surface area contributed by atoms with Crippen LogP contribution in [0.15, 0.2) is 23.1 Å². The number of amides is 1. The number of likely N-dealkylation sites (tertiary alicyclic amines) is 1. The number of carbonyl (C=O) groups excluding carboxylic acids is 1. The molecular formula is C16H20N4O3. The standard InChI is InChI=1S/C16H20N4O3/c1-9-10(2)19-15(18-9)13-7-12(23-3)8-20(13)16(22)11-4-5-17-14(21)6-11/h4-6,12-13H,7-8H2,1-3H3,(H,17,21)(H,18,19)/t12-,13+/m1/s1. The van der Waals surface area contributed by atoms with Crippen LogP contribution in [-0.2, 0) is 4.74 Å². The fourth-order valence-electron chi connectivity index (χ4n) is 2.93. The fourth-order valence-corrected chi connectivity index (χ4v) is 2.93. The van der Waals surface area contributed by atoms with Crippen LogP contribution >= 0.6 is 0 Å². The molecule has 122 valence electrons. The number of ether oxygens (including phenoxy) is 1. The van der Waals surface area contributed by atoms with Gasteiger partial charge in [0.25, 0.3) is 5.91 Å². The zero-order valence-corrected chi connectivity index (χ0v) is 13.4. The highest BCUT2D eigenvalue weighted by Gasteiger charge is 2.38. The number of imidazole rings is 1. The summed E-state index contributed by atoms with van der Waals surface area (Å²) < 4.78 is 5.44. The highest BCUT2D eigenvalue weighted by atomic mass is 16.5. The van der Waals surface area contributed by atoms with Gasteiger partial charge in [0.05, 0.1) is 17.8 Å². The lowest BCUT2D eigenvalue weighted by Crippen LogP contribution is -2.33. The van der Waals surface area contributed by atoms with Gasteiger partial charge in [-0.3, -0.25) is 9.59 Å². The second kappa shape index (κ2) is 6.00. The van der Waals surface area contributed by atoms with Gasteiger partial charge in [0.2, 0.25) is 5.56 Å². The first-order valence-corrected chi connectivity index (χ1v) is 7.55. The minimum Gasteiger partial charge on any atom is -0.380 e. The third-order valence-electron chi connectivity index (χ3n) is 4.34. The Morgan fingerprint density at radius 1 is 1.43 bits per heavy atom. The highest BCUT2D eigenvalue weighted by Crippen LogP contribution is 2.33. The zero-order valence-electron chi connectivity index (χ0n) is 13.4. The maximum Gasteiger partial charge on any atom is 0.254 e. The van der Waals surface area contributed by atoms with E-state index in [1.54, 1.807) is 18.1 Å². The molecule has 0 saturated carbocycles. The van der Waals surface area contributed by atoms with Crippen molar-refractivity contribution < 1.29 is 9.53 Å².